The third-order valence-corrected chi connectivity index (χ3v) is 9.10. The molecule has 4 rings (SSSR count). The first-order valence-corrected chi connectivity index (χ1v) is 13.4. The lowest BCUT2D eigenvalue weighted by atomic mass is 10.1. The highest BCUT2D eigenvalue weighted by Gasteiger charge is 2.22. The summed E-state index contributed by atoms with van der Waals surface area (Å²) >= 11 is 19.3. The Morgan fingerprint density at radius 2 is 1.85 bits per heavy atom. The van der Waals surface area contributed by atoms with Crippen molar-refractivity contribution in [3.63, 3.8) is 0 Å². The minimum absolute atomic E-state index is 0.0457. The first kappa shape index (κ1) is 24.7. The fourth-order valence-electron chi connectivity index (χ4n) is 3.39. The first-order valence-electron chi connectivity index (χ1n) is 9.76. The quantitative estimate of drug-likeness (QED) is 0.343. The van der Waals surface area contributed by atoms with Gasteiger partial charge < -0.3 is 5.32 Å². The molecule has 176 valence electrons. The van der Waals surface area contributed by atoms with Crippen LogP contribution in [0, 0.1) is 0 Å². The molecule has 0 aliphatic rings. The van der Waals surface area contributed by atoms with Gasteiger partial charge in [-0.2, -0.15) is 0 Å². The van der Waals surface area contributed by atoms with Gasteiger partial charge >= 0.3 is 0 Å². The van der Waals surface area contributed by atoms with Crippen LogP contribution in [0.15, 0.2) is 57.8 Å². The summed E-state index contributed by atoms with van der Waals surface area (Å²) in [4.78, 5) is 29.8. The third-order valence-electron chi connectivity index (χ3n) is 5.00. The topological polar surface area (TPSA) is 98.1 Å². The normalized spacial score (nSPS) is 11.6. The number of carbonyl (C=O) groups excluding carboxylic acids is 1. The summed E-state index contributed by atoms with van der Waals surface area (Å²) in [5.41, 5.74) is 1.64. The molecule has 2 heterocycles. The molecule has 1 N–H and O–H groups in total. The molecule has 0 bridgehead atoms. The lowest BCUT2D eigenvalue weighted by molar-refractivity contribution is -0.116. The molecule has 0 aliphatic heterocycles. The Bertz CT molecular complexity index is 1600. The fourth-order valence-corrected chi connectivity index (χ4v) is 6.75. The van der Waals surface area contributed by atoms with Crippen LogP contribution in [0.5, 0.6) is 0 Å². The van der Waals surface area contributed by atoms with Gasteiger partial charge in [0.1, 0.15) is 16.3 Å². The van der Waals surface area contributed by atoms with E-state index in [-0.39, 0.29) is 21.2 Å². The number of thiophene rings is 1. The Labute approximate surface area is 213 Å². The van der Waals surface area contributed by atoms with E-state index in [0.717, 1.165) is 11.3 Å². The van der Waals surface area contributed by atoms with Gasteiger partial charge in [-0.05, 0) is 42.0 Å². The van der Waals surface area contributed by atoms with Crippen molar-refractivity contribution in [1.29, 1.82) is 0 Å². The Kier molecular flexibility index (Phi) is 7.02. The van der Waals surface area contributed by atoms with Crippen LogP contribution in [0.3, 0.4) is 0 Å². The van der Waals surface area contributed by atoms with Crippen molar-refractivity contribution in [3.8, 4) is 5.69 Å². The summed E-state index contributed by atoms with van der Waals surface area (Å²) < 4.78 is 26.5. The van der Waals surface area contributed by atoms with Gasteiger partial charge in [-0.15, -0.1) is 11.3 Å². The number of hydrogen-bond donors (Lipinski definition) is 1. The molecule has 34 heavy (non-hydrogen) atoms. The minimum atomic E-state index is -3.77. The van der Waals surface area contributed by atoms with Crippen LogP contribution in [-0.4, -0.2) is 36.6 Å². The summed E-state index contributed by atoms with van der Waals surface area (Å²) in [5.74, 6) is -1.14. The van der Waals surface area contributed by atoms with E-state index in [1.807, 2.05) is 0 Å². The molecule has 0 spiro atoms. The largest absolute Gasteiger partial charge is 0.387 e. The molecule has 0 unspecified atom stereocenters. The average Bonchev–Trinajstić information content (AvgIpc) is 3.22. The Morgan fingerprint density at radius 3 is 2.50 bits per heavy atom. The molecule has 0 saturated heterocycles. The number of rotatable bonds is 7. The average molecular weight is 557 g/mol. The van der Waals surface area contributed by atoms with Crippen LogP contribution in [-0.2, 0) is 21.1 Å². The molecule has 0 saturated carbocycles. The highest BCUT2D eigenvalue weighted by atomic mass is 35.5. The number of halogens is 3. The van der Waals surface area contributed by atoms with Crippen molar-refractivity contribution in [3.05, 3.63) is 79.1 Å². The van der Waals surface area contributed by atoms with E-state index in [1.165, 1.54) is 35.2 Å². The summed E-state index contributed by atoms with van der Waals surface area (Å²) in [6.45, 7) is 0. The van der Waals surface area contributed by atoms with Crippen molar-refractivity contribution in [2.75, 3.05) is 18.1 Å². The van der Waals surface area contributed by atoms with E-state index in [2.05, 4.69) is 10.3 Å². The van der Waals surface area contributed by atoms with E-state index in [0.29, 0.717) is 37.2 Å². The molecule has 2 aromatic carbocycles. The predicted octanol–water partition coefficient (Wildman–Crippen LogP) is 5.03. The maximum Gasteiger partial charge on any atom is 0.265 e. The zero-order valence-corrected chi connectivity index (χ0v) is 21.4. The van der Waals surface area contributed by atoms with Crippen molar-refractivity contribution < 1.29 is 13.2 Å². The second-order valence-electron chi connectivity index (χ2n) is 7.34. The van der Waals surface area contributed by atoms with Crippen molar-refractivity contribution >= 4 is 78.4 Å². The lowest BCUT2D eigenvalue weighted by Crippen LogP contribution is -2.20. The van der Waals surface area contributed by atoms with E-state index in [4.69, 9.17) is 34.8 Å². The molecule has 7 nitrogen and oxygen atoms in total. The van der Waals surface area contributed by atoms with E-state index >= 15 is 0 Å². The number of nitrogens with one attached hydrogen (secondary N) is 1. The molecule has 0 aliphatic carbocycles. The molecule has 0 radical (unpaired) electrons. The van der Waals surface area contributed by atoms with Gasteiger partial charge in [0.15, 0.2) is 15.6 Å². The smallest absolute Gasteiger partial charge is 0.265 e. The van der Waals surface area contributed by atoms with Gasteiger partial charge in [-0.3, -0.25) is 14.2 Å². The van der Waals surface area contributed by atoms with Gasteiger partial charge in [-0.25, -0.2) is 13.4 Å². The number of ketones is 1. The first-order chi connectivity index (χ1) is 16.1. The van der Waals surface area contributed by atoms with Crippen molar-refractivity contribution in [2.24, 2.45) is 0 Å². The SMILES string of the molecule is CNc1cc2ncn(-c3ccc(CC(=O)CS(=O)(=O)c4ccc(Cl)s4)cc3Cl)c(=O)c2cc1Cl. The number of nitrogens with zero attached hydrogens (tertiary/aromatic N) is 2. The predicted molar refractivity (Wildman–Crippen MR) is 137 cm³/mol. The Balaban J connectivity index is 1.59. The maximum absolute atomic E-state index is 13.0. The maximum atomic E-state index is 13.0. The highest BCUT2D eigenvalue weighted by Crippen LogP contribution is 2.28. The van der Waals surface area contributed by atoms with Gasteiger partial charge in [0.2, 0.25) is 0 Å². The monoisotopic (exact) mass is 555 g/mol. The van der Waals surface area contributed by atoms with Crippen LogP contribution in [0.25, 0.3) is 16.6 Å². The molecule has 4 aromatic rings. The van der Waals surface area contributed by atoms with Gasteiger partial charge in [0.05, 0.1) is 36.7 Å². The van der Waals surface area contributed by atoms with Crippen LogP contribution in [0.4, 0.5) is 5.69 Å². The highest BCUT2D eigenvalue weighted by molar-refractivity contribution is 7.94. The zero-order valence-electron chi connectivity index (χ0n) is 17.5. The van der Waals surface area contributed by atoms with Gasteiger partial charge in [-0.1, -0.05) is 40.9 Å². The van der Waals surface area contributed by atoms with Crippen LogP contribution >= 0.6 is 46.1 Å². The number of fused-ring (bicyclic) bond motifs is 1. The molecular formula is C22H16Cl3N3O4S2. The van der Waals surface area contributed by atoms with E-state index < -0.39 is 21.4 Å². The molecule has 0 fully saturated rings. The Morgan fingerprint density at radius 1 is 1.09 bits per heavy atom. The number of aromatic nitrogens is 2. The third kappa shape index (κ3) is 4.99. The van der Waals surface area contributed by atoms with Crippen LogP contribution in [0.1, 0.15) is 5.56 Å². The molecule has 0 amide bonds. The minimum Gasteiger partial charge on any atom is -0.387 e. The standard InChI is InChI=1S/C22H16Cl3N3O4S2/c1-26-18-9-17-14(8-15(18)23)22(30)28(11-27-17)19-3-2-12(7-16(19)24)6-13(29)10-34(31,32)21-5-4-20(25)33-21/h2-5,7-9,11,26H,6,10H2,1H3. The zero-order chi connectivity index (χ0) is 24.6. The number of Topliss-reactive ketones (excluding diaryl/α,β-unsaturated/α-hetero) is 1. The number of sulfone groups is 1. The van der Waals surface area contributed by atoms with E-state index in [1.54, 1.807) is 25.2 Å². The number of hydrogen-bond acceptors (Lipinski definition) is 7. The van der Waals surface area contributed by atoms with Gasteiger partial charge in [0.25, 0.3) is 5.56 Å². The van der Waals surface area contributed by atoms with Crippen LogP contribution in [0.2, 0.25) is 14.4 Å². The van der Waals surface area contributed by atoms with Crippen molar-refractivity contribution in [1.82, 2.24) is 9.55 Å². The van der Waals surface area contributed by atoms with Gasteiger partial charge in [0, 0.05) is 13.5 Å². The second-order valence-corrected chi connectivity index (χ2v) is 12.1. The summed E-state index contributed by atoms with van der Waals surface area (Å²) in [6.07, 6.45) is 1.23. The Hall–Kier alpha value is -2.43. The summed E-state index contributed by atoms with van der Waals surface area (Å²) in [7, 11) is -2.06. The molecule has 0 atom stereocenters. The van der Waals surface area contributed by atoms with Crippen molar-refractivity contribution in [2.45, 2.75) is 10.6 Å². The molecule has 2 aromatic heterocycles. The summed E-state index contributed by atoms with van der Waals surface area (Å²) in [5, 5.41) is 3.84. The van der Waals surface area contributed by atoms with E-state index in [9.17, 15) is 18.0 Å². The lowest BCUT2D eigenvalue weighted by Gasteiger charge is -2.11. The molecular weight excluding hydrogens is 541 g/mol. The number of anilines is 1. The fraction of sp³-hybridized carbons (Fsp3) is 0.136. The second kappa shape index (κ2) is 9.67. The van der Waals surface area contributed by atoms with Crippen LogP contribution < -0.4 is 10.9 Å². The molecule has 12 heteroatoms. The summed E-state index contributed by atoms with van der Waals surface area (Å²) in [6, 6.07) is 10.8. The number of carbonyl (C=O) groups is 1. The number of benzene rings is 2.